The molecular formula is C28H28N4O4. The van der Waals surface area contributed by atoms with Crippen LogP contribution >= 0.6 is 0 Å². The van der Waals surface area contributed by atoms with Crippen LogP contribution in [0, 0.1) is 0 Å². The van der Waals surface area contributed by atoms with Gasteiger partial charge in [0.1, 0.15) is 5.75 Å². The lowest BCUT2D eigenvalue weighted by Crippen LogP contribution is -2.49. The first-order chi connectivity index (χ1) is 17.5. The summed E-state index contributed by atoms with van der Waals surface area (Å²) in [6.07, 6.45) is 2.77. The number of hydrogen-bond donors (Lipinski definition) is 0. The Balaban J connectivity index is 1.22. The number of piperazine rings is 1. The standard InChI is InChI=1S/C28H28N4O4/c1-36-22-11-8-20(9-12-22)10-13-25(33)31-17-15-30(16-18-31)24-7-4-6-23-26(24)28(35)32(27(23)34)19-21-5-2-3-14-29-21/h2-9,11-12,14H,10,13,15-19H2,1H3. The highest BCUT2D eigenvalue weighted by Gasteiger charge is 2.39. The van der Waals surface area contributed by atoms with E-state index in [0.29, 0.717) is 55.8 Å². The Morgan fingerprint density at radius 2 is 1.69 bits per heavy atom. The second kappa shape index (κ2) is 10.2. The number of aryl methyl sites for hydroxylation is 1. The van der Waals surface area contributed by atoms with E-state index < -0.39 is 0 Å². The molecule has 2 aromatic carbocycles. The summed E-state index contributed by atoms with van der Waals surface area (Å²) in [5, 5.41) is 0. The van der Waals surface area contributed by atoms with Crippen LogP contribution in [0.4, 0.5) is 5.69 Å². The number of nitrogens with zero attached hydrogens (tertiary/aromatic N) is 4. The minimum atomic E-state index is -0.297. The van der Waals surface area contributed by atoms with Gasteiger partial charge in [-0.15, -0.1) is 0 Å². The van der Waals surface area contributed by atoms with Crippen molar-refractivity contribution in [3.8, 4) is 5.75 Å². The number of ether oxygens (including phenoxy) is 1. The van der Waals surface area contributed by atoms with Crippen molar-refractivity contribution in [3.63, 3.8) is 0 Å². The number of rotatable bonds is 7. The van der Waals surface area contributed by atoms with Crippen LogP contribution in [0.1, 0.15) is 38.4 Å². The summed E-state index contributed by atoms with van der Waals surface area (Å²) in [6, 6.07) is 18.6. The molecule has 1 saturated heterocycles. The van der Waals surface area contributed by atoms with Crippen molar-refractivity contribution < 1.29 is 19.1 Å². The molecule has 0 aliphatic carbocycles. The van der Waals surface area contributed by atoms with Crippen LogP contribution < -0.4 is 9.64 Å². The molecule has 0 unspecified atom stereocenters. The lowest BCUT2D eigenvalue weighted by atomic mass is 10.1. The molecule has 1 aromatic heterocycles. The zero-order valence-electron chi connectivity index (χ0n) is 20.2. The van der Waals surface area contributed by atoms with Gasteiger partial charge in [-0.2, -0.15) is 0 Å². The van der Waals surface area contributed by atoms with Gasteiger partial charge in [-0.1, -0.05) is 24.3 Å². The molecule has 0 radical (unpaired) electrons. The van der Waals surface area contributed by atoms with Crippen molar-refractivity contribution in [2.75, 3.05) is 38.2 Å². The first-order valence-corrected chi connectivity index (χ1v) is 12.1. The smallest absolute Gasteiger partial charge is 0.264 e. The molecule has 8 heteroatoms. The third-order valence-electron chi connectivity index (χ3n) is 6.78. The molecule has 0 bridgehead atoms. The molecule has 0 atom stereocenters. The second-order valence-electron chi connectivity index (χ2n) is 8.93. The minimum absolute atomic E-state index is 0.122. The number of imide groups is 1. The molecule has 0 spiro atoms. The monoisotopic (exact) mass is 484 g/mol. The fourth-order valence-electron chi connectivity index (χ4n) is 4.77. The van der Waals surface area contributed by atoms with Gasteiger partial charge in [0.15, 0.2) is 0 Å². The number of aromatic nitrogens is 1. The van der Waals surface area contributed by atoms with Crippen LogP contribution in [-0.4, -0.2) is 65.8 Å². The fraction of sp³-hybridized carbons (Fsp3) is 0.286. The van der Waals surface area contributed by atoms with Gasteiger partial charge in [-0.25, -0.2) is 0 Å². The van der Waals surface area contributed by atoms with Gasteiger partial charge >= 0.3 is 0 Å². The van der Waals surface area contributed by atoms with E-state index in [1.165, 1.54) is 4.90 Å². The number of carbonyl (C=O) groups is 3. The van der Waals surface area contributed by atoms with Crippen molar-refractivity contribution in [1.29, 1.82) is 0 Å². The highest BCUT2D eigenvalue weighted by Crippen LogP contribution is 2.33. The Labute approximate surface area is 210 Å². The van der Waals surface area contributed by atoms with E-state index in [-0.39, 0.29) is 24.3 Å². The van der Waals surface area contributed by atoms with Crippen LogP contribution in [0.2, 0.25) is 0 Å². The number of carbonyl (C=O) groups excluding carboxylic acids is 3. The summed E-state index contributed by atoms with van der Waals surface area (Å²) < 4.78 is 5.18. The van der Waals surface area contributed by atoms with E-state index in [9.17, 15) is 14.4 Å². The first kappa shape index (κ1) is 23.5. The zero-order chi connectivity index (χ0) is 25.1. The molecule has 184 valence electrons. The van der Waals surface area contributed by atoms with E-state index in [1.807, 2.05) is 47.4 Å². The SMILES string of the molecule is COc1ccc(CCC(=O)N2CCN(c3cccc4c3C(=O)N(Cc3ccccn3)C4=O)CC2)cc1. The second-order valence-corrected chi connectivity index (χ2v) is 8.93. The molecule has 1 fully saturated rings. The quantitative estimate of drug-likeness (QED) is 0.479. The van der Waals surface area contributed by atoms with Crippen LogP contribution in [0.5, 0.6) is 5.75 Å². The number of anilines is 1. The molecule has 3 amide bonds. The average molecular weight is 485 g/mol. The van der Waals surface area contributed by atoms with E-state index in [4.69, 9.17) is 4.74 Å². The van der Waals surface area contributed by atoms with Crippen LogP contribution in [-0.2, 0) is 17.8 Å². The highest BCUT2D eigenvalue weighted by molar-refractivity contribution is 6.23. The van der Waals surface area contributed by atoms with Crippen molar-refractivity contribution >= 4 is 23.4 Å². The lowest BCUT2D eigenvalue weighted by molar-refractivity contribution is -0.131. The van der Waals surface area contributed by atoms with Crippen molar-refractivity contribution in [2.45, 2.75) is 19.4 Å². The first-order valence-electron chi connectivity index (χ1n) is 12.1. The van der Waals surface area contributed by atoms with Gasteiger partial charge in [0.25, 0.3) is 11.8 Å². The molecular weight excluding hydrogens is 456 g/mol. The van der Waals surface area contributed by atoms with Gasteiger partial charge in [-0.3, -0.25) is 24.3 Å². The summed E-state index contributed by atoms with van der Waals surface area (Å²) in [5.41, 5.74) is 3.38. The molecule has 0 saturated carbocycles. The molecule has 8 nitrogen and oxygen atoms in total. The third kappa shape index (κ3) is 4.66. The number of methoxy groups -OCH3 is 1. The Morgan fingerprint density at radius 1 is 0.917 bits per heavy atom. The summed E-state index contributed by atoms with van der Waals surface area (Å²) in [7, 11) is 1.63. The van der Waals surface area contributed by atoms with Crippen molar-refractivity contribution in [2.24, 2.45) is 0 Å². The molecule has 2 aliphatic heterocycles. The van der Waals surface area contributed by atoms with Crippen LogP contribution in [0.3, 0.4) is 0 Å². The van der Waals surface area contributed by atoms with Crippen molar-refractivity contribution in [3.05, 3.63) is 89.2 Å². The van der Waals surface area contributed by atoms with E-state index in [1.54, 1.807) is 31.5 Å². The largest absolute Gasteiger partial charge is 0.497 e. The van der Waals surface area contributed by atoms with Crippen molar-refractivity contribution in [1.82, 2.24) is 14.8 Å². The van der Waals surface area contributed by atoms with E-state index >= 15 is 0 Å². The molecule has 5 rings (SSSR count). The maximum Gasteiger partial charge on any atom is 0.264 e. The fourth-order valence-corrected chi connectivity index (χ4v) is 4.77. The normalized spacial score (nSPS) is 15.3. The Kier molecular flexibility index (Phi) is 6.66. The van der Waals surface area contributed by atoms with E-state index in [0.717, 1.165) is 17.0 Å². The summed E-state index contributed by atoms with van der Waals surface area (Å²) in [5.74, 6) is 0.328. The topological polar surface area (TPSA) is 83.1 Å². The minimum Gasteiger partial charge on any atom is -0.497 e. The van der Waals surface area contributed by atoms with E-state index in [2.05, 4.69) is 9.88 Å². The van der Waals surface area contributed by atoms with Gasteiger partial charge in [0.05, 0.1) is 36.2 Å². The lowest BCUT2D eigenvalue weighted by Gasteiger charge is -2.36. The van der Waals surface area contributed by atoms with Gasteiger partial charge in [0, 0.05) is 38.8 Å². The zero-order valence-corrected chi connectivity index (χ0v) is 20.2. The third-order valence-corrected chi connectivity index (χ3v) is 6.78. The molecule has 3 aromatic rings. The van der Waals surface area contributed by atoms with Crippen LogP contribution in [0.15, 0.2) is 66.9 Å². The molecule has 36 heavy (non-hydrogen) atoms. The maximum atomic E-state index is 13.3. The number of benzene rings is 2. The molecule has 3 heterocycles. The van der Waals surface area contributed by atoms with Gasteiger partial charge in [-0.05, 0) is 48.4 Å². The highest BCUT2D eigenvalue weighted by atomic mass is 16.5. The number of pyridine rings is 1. The summed E-state index contributed by atoms with van der Waals surface area (Å²) in [4.78, 5) is 48.6. The Morgan fingerprint density at radius 3 is 2.39 bits per heavy atom. The predicted molar refractivity (Wildman–Crippen MR) is 135 cm³/mol. The maximum absolute atomic E-state index is 13.3. The summed E-state index contributed by atoms with van der Waals surface area (Å²) in [6.45, 7) is 2.50. The van der Waals surface area contributed by atoms with Gasteiger partial charge in [0.2, 0.25) is 5.91 Å². The molecule has 2 aliphatic rings. The number of amides is 3. The predicted octanol–water partition coefficient (Wildman–Crippen LogP) is 3.17. The Hall–Kier alpha value is -4.20. The summed E-state index contributed by atoms with van der Waals surface area (Å²) >= 11 is 0. The average Bonchev–Trinajstić information content (AvgIpc) is 3.17. The van der Waals surface area contributed by atoms with Crippen LogP contribution in [0.25, 0.3) is 0 Å². The number of hydrogen-bond acceptors (Lipinski definition) is 6. The molecule has 0 N–H and O–H groups in total. The van der Waals surface area contributed by atoms with Gasteiger partial charge < -0.3 is 14.5 Å². The Bertz CT molecular complexity index is 1270. The number of fused-ring (bicyclic) bond motifs is 1.